The maximum Gasteiger partial charge on any atom is 0.306 e. The Kier molecular flexibility index (Phi) is 54.4. The normalized spacial score (nSPS) is 12.9. The van der Waals surface area contributed by atoms with Crippen LogP contribution in [0.2, 0.25) is 0 Å². The van der Waals surface area contributed by atoms with Gasteiger partial charge in [-0.15, -0.1) is 0 Å². The van der Waals surface area contributed by atoms with Crippen LogP contribution in [-0.4, -0.2) is 37.2 Å². The minimum absolute atomic E-state index is 0.104. The first-order valence-corrected chi connectivity index (χ1v) is 29.0. The highest BCUT2D eigenvalue weighted by molar-refractivity contribution is 5.71. The van der Waals surface area contributed by atoms with Gasteiger partial charge in [0.05, 0.1) is 0 Å². The first kappa shape index (κ1) is 66.1. The van der Waals surface area contributed by atoms with E-state index in [4.69, 9.17) is 14.2 Å². The van der Waals surface area contributed by atoms with E-state index >= 15 is 0 Å². The van der Waals surface area contributed by atoms with Gasteiger partial charge in [-0.05, 0) is 89.9 Å². The molecule has 0 saturated carbocycles. The summed E-state index contributed by atoms with van der Waals surface area (Å²) in [5, 5.41) is 0. The molecule has 70 heavy (non-hydrogen) atoms. The van der Waals surface area contributed by atoms with Crippen LogP contribution in [0, 0.1) is 0 Å². The number of carbonyl (C=O) groups is 3. The van der Waals surface area contributed by atoms with Crippen LogP contribution in [0.5, 0.6) is 0 Å². The van der Waals surface area contributed by atoms with Crippen LogP contribution < -0.4 is 0 Å². The number of unbranched alkanes of at least 4 members (excludes halogenated alkanes) is 28. The van der Waals surface area contributed by atoms with Crippen molar-refractivity contribution in [1.29, 1.82) is 0 Å². The summed E-state index contributed by atoms with van der Waals surface area (Å²) in [7, 11) is 0. The molecular formula is C64H106O6. The summed E-state index contributed by atoms with van der Waals surface area (Å²) < 4.78 is 16.8. The molecule has 6 nitrogen and oxygen atoms in total. The van der Waals surface area contributed by atoms with E-state index < -0.39 is 6.10 Å². The maximum absolute atomic E-state index is 12.9. The molecule has 0 aliphatic heterocycles. The van der Waals surface area contributed by atoms with Crippen molar-refractivity contribution in [1.82, 2.24) is 0 Å². The molecule has 0 N–H and O–H groups in total. The summed E-state index contributed by atoms with van der Waals surface area (Å²) >= 11 is 0. The van der Waals surface area contributed by atoms with Crippen molar-refractivity contribution in [2.45, 2.75) is 264 Å². The van der Waals surface area contributed by atoms with Crippen LogP contribution in [0.3, 0.4) is 0 Å². The molecule has 6 heteroatoms. The van der Waals surface area contributed by atoms with Gasteiger partial charge in [-0.2, -0.15) is 0 Å². The molecule has 1 atom stereocenters. The topological polar surface area (TPSA) is 78.9 Å². The third-order valence-electron chi connectivity index (χ3n) is 12.2. The van der Waals surface area contributed by atoms with Gasteiger partial charge in [-0.1, -0.05) is 259 Å². The Morgan fingerprint density at radius 1 is 0.300 bits per heavy atom. The summed E-state index contributed by atoms with van der Waals surface area (Å²) in [6.45, 7) is 6.44. The fourth-order valence-corrected chi connectivity index (χ4v) is 7.83. The summed E-state index contributed by atoms with van der Waals surface area (Å²) in [6, 6.07) is 0. The molecule has 0 spiro atoms. The average molecular weight is 972 g/mol. The Hall–Kier alpha value is -3.93. The van der Waals surface area contributed by atoms with Gasteiger partial charge >= 0.3 is 17.9 Å². The Bertz CT molecular complexity index is 1440. The predicted molar refractivity (Wildman–Crippen MR) is 302 cm³/mol. The lowest BCUT2D eigenvalue weighted by Gasteiger charge is -2.18. The first-order valence-electron chi connectivity index (χ1n) is 29.0. The van der Waals surface area contributed by atoms with Gasteiger partial charge in [0.1, 0.15) is 13.2 Å². The van der Waals surface area contributed by atoms with E-state index in [-0.39, 0.29) is 31.1 Å². The Morgan fingerprint density at radius 3 is 0.929 bits per heavy atom. The molecular weight excluding hydrogens is 865 g/mol. The van der Waals surface area contributed by atoms with E-state index in [2.05, 4.69) is 57.2 Å². The quantitative estimate of drug-likeness (QED) is 0.0199. The van der Waals surface area contributed by atoms with Crippen LogP contribution in [-0.2, 0) is 28.6 Å². The van der Waals surface area contributed by atoms with E-state index in [0.717, 1.165) is 83.5 Å². The summed E-state index contributed by atoms with van der Waals surface area (Å²) in [6.07, 6.45) is 77.9. The fraction of sp³-hybridized carbons (Fsp3) is 0.672. The van der Waals surface area contributed by atoms with E-state index in [1.54, 1.807) is 0 Å². The van der Waals surface area contributed by atoms with E-state index in [9.17, 15) is 14.4 Å². The third-order valence-corrected chi connectivity index (χ3v) is 12.2. The van der Waals surface area contributed by atoms with Crippen molar-refractivity contribution in [2.75, 3.05) is 13.2 Å². The molecule has 0 aliphatic rings. The Morgan fingerprint density at radius 2 is 0.571 bits per heavy atom. The third kappa shape index (κ3) is 55.0. The van der Waals surface area contributed by atoms with Gasteiger partial charge in [0.15, 0.2) is 6.10 Å². The number of carbonyl (C=O) groups excluding carboxylic acids is 3. The van der Waals surface area contributed by atoms with Crippen molar-refractivity contribution in [3.8, 4) is 0 Å². The monoisotopic (exact) mass is 971 g/mol. The van der Waals surface area contributed by atoms with Crippen molar-refractivity contribution in [3.05, 3.63) is 109 Å². The number of esters is 3. The molecule has 0 amide bonds. The second-order valence-electron chi connectivity index (χ2n) is 19.0. The molecule has 0 bridgehead atoms. The van der Waals surface area contributed by atoms with Gasteiger partial charge in [0.25, 0.3) is 0 Å². The van der Waals surface area contributed by atoms with Gasteiger partial charge < -0.3 is 14.2 Å². The predicted octanol–water partition coefficient (Wildman–Crippen LogP) is 19.5. The molecule has 0 aliphatic carbocycles. The minimum Gasteiger partial charge on any atom is -0.462 e. The highest BCUT2D eigenvalue weighted by atomic mass is 16.6. The molecule has 0 heterocycles. The van der Waals surface area contributed by atoms with Crippen LogP contribution in [0.1, 0.15) is 258 Å². The number of rotatable bonds is 51. The smallest absolute Gasteiger partial charge is 0.306 e. The minimum atomic E-state index is -0.808. The summed E-state index contributed by atoms with van der Waals surface area (Å²) in [5.41, 5.74) is 0. The zero-order valence-electron chi connectivity index (χ0n) is 45.5. The van der Waals surface area contributed by atoms with Crippen LogP contribution in [0.4, 0.5) is 0 Å². The highest BCUT2D eigenvalue weighted by Crippen LogP contribution is 2.15. The van der Waals surface area contributed by atoms with Gasteiger partial charge in [-0.3, -0.25) is 14.4 Å². The second kappa shape index (κ2) is 57.6. The van der Waals surface area contributed by atoms with Crippen molar-refractivity contribution in [2.24, 2.45) is 0 Å². The zero-order chi connectivity index (χ0) is 50.7. The Balaban J connectivity index is 4.51. The fourth-order valence-electron chi connectivity index (χ4n) is 7.83. The molecule has 1 unspecified atom stereocenters. The number of ether oxygens (including phenoxy) is 3. The molecule has 0 aromatic heterocycles. The van der Waals surface area contributed by atoms with Crippen molar-refractivity contribution in [3.63, 3.8) is 0 Å². The average Bonchev–Trinajstić information content (AvgIpc) is 3.36. The van der Waals surface area contributed by atoms with Crippen molar-refractivity contribution >= 4 is 17.9 Å². The zero-order valence-corrected chi connectivity index (χ0v) is 45.5. The van der Waals surface area contributed by atoms with Crippen LogP contribution >= 0.6 is 0 Å². The van der Waals surface area contributed by atoms with Crippen LogP contribution in [0.15, 0.2) is 109 Å². The van der Waals surface area contributed by atoms with Gasteiger partial charge in [0, 0.05) is 19.3 Å². The van der Waals surface area contributed by atoms with E-state index in [0.29, 0.717) is 19.3 Å². The largest absolute Gasteiger partial charge is 0.462 e. The lowest BCUT2D eigenvalue weighted by Crippen LogP contribution is -2.30. The van der Waals surface area contributed by atoms with Gasteiger partial charge in [-0.25, -0.2) is 0 Å². The van der Waals surface area contributed by atoms with E-state index in [1.165, 1.54) is 135 Å². The lowest BCUT2D eigenvalue weighted by atomic mass is 10.1. The standard InChI is InChI=1S/C64H106O6/c1-4-7-10-13-16-19-22-25-28-30-32-34-36-39-42-45-48-51-54-57-63(66)69-60-61(59-68-62(65)56-53-50-47-44-41-38-27-24-21-18-15-12-9-6-3)70-64(67)58-55-52-49-46-43-40-37-35-33-31-29-26-23-20-17-14-11-8-5-2/h7,10,13,16,19,22,25,28,30-34,36,38-39,41-42,61H,4-6,8-9,11-12,14-15,17-18,20-21,23-24,26-27,29,35,37,40,43-60H2,1-3H3/b10-7-,16-13-,22-19-,28-25-,32-30+,33-31-,36-34-,41-38-,42-39-. The molecule has 398 valence electrons. The molecule has 0 saturated heterocycles. The molecule has 0 rings (SSSR count). The second-order valence-corrected chi connectivity index (χ2v) is 19.0. The lowest BCUT2D eigenvalue weighted by molar-refractivity contribution is -0.167. The first-order chi connectivity index (χ1) is 34.5. The molecule has 0 fully saturated rings. The summed E-state index contributed by atoms with van der Waals surface area (Å²) in [4.78, 5) is 38.2. The number of hydrogen-bond donors (Lipinski definition) is 0. The van der Waals surface area contributed by atoms with Crippen molar-refractivity contribution < 1.29 is 28.6 Å². The molecule has 0 radical (unpaired) electrons. The number of allylic oxidation sites excluding steroid dienone is 18. The van der Waals surface area contributed by atoms with Crippen LogP contribution in [0.25, 0.3) is 0 Å². The Labute approximate surface area is 431 Å². The van der Waals surface area contributed by atoms with E-state index in [1.807, 2.05) is 72.9 Å². The summed E-state index contributed by atoms with van der Waals surface area (Å²) in [5.74, 6) is -0.967. The molecule has 0 aromatic rings. The maximum atomic E-state index is 12.9. The highest BCUT2D eigenvalue weighted by Gasteiger charge is 2.19. The molecule has 0 aromatic carbocycles. The number of hydrogen-bond acceptors (Lipinski definition) is 6. The SMILES string of the molecule is CC\C=C/C=C\C=C/C=C\C=C\C=C/C=C\CCCCCC(=O)OCC(COC(=O)CCCCC/C=C\CCCCCCCCC)OC(=O)CCCCCCCCC/C=C\CCCCCCCCCC. The van der Waals surface area contributed by atoms with Gasteiger partial charge in [0.2, 0.25) is 0 Å².